The van der Waals surface area contributed by atoms with E-state index in [1.54, 1.807) is 6.07 Å². The van der Waals surface area contributed by atoms with E-state index >= 15 is 0 Å². The van der Waals surface area contributed by atoms with Crippen LogP contribution in [0.25, 0.3) is 0 Å². The van der Waals surface area contributed by atoms with Gasteiger partial charge in [0.2, 0.25) is 0 Å². The number of aromatic nitrogens is 1. The molecule has 4 N–H and O–H groups in total. The fourth-order valence-electron chi connectivity index (χ4n) is 1.76. The lowest BCUT2D eigenvalue weighted by molar-refractivity contribution is -0.133. The maximum absolute atomic E-state index is 12.0. The number of hydrogen-bond donors (Lipinski definition) is 4. The van der Waals surface area contributed by atoms with Gasteiger partial charge in [0.15, 0.2) is 0 Å². The Labute approximate surface area is 139 Å². The van der Waals surface area contributed by atoms with Crippen LogP contribution in [0.4, 0.5) is 0 Å². The van der Waals surface area contributed by atoms with Crippen LogP contribution in [0.2, 0.25) is 0 Å². The van der Waals surface area contributed by atoms with E-state index in [9.17, 15) is 14.7 Å². The molecule has 124 valence electrons. The van der Waals surface area contributed by atoms with Crippen molar-refractivity contribution in [3.63, 3.8) is 0 Å². The van der Waals surface area contributed by atoms with Crippen molar-refractivity contribution in [1.82, 2.24) is 15.8 Å². The first-order valence-corrected chi connectivity index (χ1v) is 7.41. The maximum atomic E-state index is 12.0. The van der Waals surface area contributed by atoms with Crippen LogP contribution in [0.15, 0.2) is 18.3 Å². The summed E-state index contributed by atoms with van der Waals surface area (Å²) >= 11 is 0. The zero-order valence-electron chi connectivity index (χ0n) is 13.0. The Morgan fingerprint density at radius 1 is 1.33 bits per heavy atom. The Morgan fingerprint density at radius 3 is 2.62 bits per heavy atom. The number of nitrogens with one attached hydrogen (secondary N) is 2. The van der Waals surface area contributed by atoms with Crippen LogP contribution in [0.5, 0.6) is 0 Å². The minimum absolute atomic E-state index is 0.0565. The normalized spacial score (nSPS) is 15.0. The number of pyridine rings is 1. The maximum Gasteiger partial charge on any atom is 0.270 e. The molecule has 2 amide bonds. The van der Waals surface area contributed by atoms with Gasteiger partial charge in [-0.3, -0.25) is 14.8 Å². The molecular weight excluding hydrogens is 310 g/mol. The van der Waals surface area contributed by atoms with E-state index in [0.717, 1.165) is 12.8 Å². The van der Waals surface area contributed by atoms with Gasteiger partial charge in [0, 0.05) is 17.7 Å². The van der Waals surface area contributed by atoms with Crippen molar-refractivity contribution in [2.24, 2.45) is 5.92 Å². The van der Waals surface area contributed by atoms with Crippen molar-refractivity contribution in [3.8, 4) is 23.7 Å². The minimum Gasteiger partial charge on any atom is -0.391 e. The monoisotopic (exact) mass is 327 g/mol. The van der Waals surface area contributed by atoms with Crippen molar-refractivity contribution in [2.45, 2.75) is 31.9 Å². The molecule has 7 nitrogen and oxygen atoms in total. The summed E-state index contributed by atoms with van der Waals surface area (Å²) in [6.07, 6.45) is 2.52. The molecule has 0 bridgehead atoms. The second-order valence-electron chi connectivity index (χ2n) is 5.39. The highest BCUT2D eigenvalue weighted by atomic mass is 16.5. The van der Waals surface area contributed by atoms with E-state index in [-0.39, 0.29) is 5.69 Å². The minimum atomic E-state index is -1.29. The van der Waals surface area contributed by atoms with Crippen molar-refractivity contribution < 1.29 is 19.9 Å². The molecule has 0 unspecified atom stereocenters. The molecule has 2 atom stereocenters. The standard InChI is InChI=1S/C17H17N3O4/c1-11(21)15(17(23)20-24)19-16(22)14-9-8-13(10-18-14)5-3-2-4-12-6-7-12/h8-12,15,21,24H,6-7H2,1H3,(H,19,22)(H,20,23)/t11-,15+/m1/s1. The molecule has 1 fully saturated rings. The lowest BCUT2D eigenvalue weighted by atomic mass is 10.1. The third kappa shape index (κ3) is 5.10. The number of amides is 2. The molecule has 1 aromatic rings. The highest BCUT2D eigenvalue weighted by Gasteiger charge is 2.26. The van der Waals surface area contributed by atoms with E-state index in [0.29, 0.717) is 11.5 Å². The Morgan fingerprint density at radius 2 is 2.08 bits per heavy atom. The van der Waals surface area contributed by atoms with Gasteiger partial charge in [0.1, 0.15) is 11.7 Å². The number of nitrogens with zero attached hydrogens (tertiary/aromatic N) is 1. The highest BCUT2D eigenvalue weighted by molar-refractivity contribution is 5.96. The number of rotatable bonds is 4. The van der Waals surface area contributed by atoms with Crippen molar-refractivity contribution in [3.05, 3.63) is 29.6 Å². The highest BCUT2D eigenvalue weighted by Crippen LogP contribution is 2.27. The lowest BCUT2D eigenvalue weighted by Gasteiger charge is -2.18. The van der Waals surface area contributed by atoms with Crippen LogP contribution in [0, 0.1) is 29.6 Å². The van der Waals surface area contributed by atoms with E-state index in [1.165, 1.54) is 24.7 Å². The molecule has 0 aliphatic heterocycles. The average molecular weight is 327 g/mol. The topological polar surface area (TPSA) is 112 Å². The SMILES string of the molecule is C[C@@H](O)[C@H](NC(=O)c1ccc(C#CC#CC2CC2)cn1)C(=O)NO. The van der Waals surface area contributed by atoms with Gasteiger partial charge in [-0.2, -0.15) is 0 Å². The molecule has 1 saturated carbocycles. The van der Waals surface area contributed by atoms with Gasteiger partial charge in [-0.1, -0.05) is 11.8 Å². The molecule has 2 rings (SSSR count). The zero-order chi connectivity index (χ0) is 17.5. The Hall–Kier alpha value is -2.87. The number of hydrogen-bond acceptors (Lipinski definition) is 5. The third-order valence-electron chi connectivity index (χ3n) is 3.28. The summed E-state index contributed by atoms with van der Waals surface area (Å²) in [7, 11) is 0. The van der Waals surface area contributed by atoms with Crippen molar-refractivity contribution in [2.75, 3.05) is 0 Å². The Balaban J connectivity index is 2.00. The Bertz CT molecular complexity index is 731. The summed E-state index contributed by atoms with van der Waals surface area (Å²) < 4.78 is 0. The Kier molecular flexibility index (Phi) is 5.91. The van der Waals surface area contributed by atoms with E-state index in [4.69, 9.17) is 5.21 Å². The van der Waals surface area contributed by atoms with Crippen LogP contribution in [0.3, 0.4) is 0 Å². The van der Waals surface area contributed by atoms with Gasteiger partial charge >= 0.3 is 0 Å². The molecule has 0 radical (unpaired) electrons. The van der Waals surface area contributed by atoms with Crippen LogP contribution in [-0.4, -0.2) is 39.3 Å². The molecule has 1 heterocycles. The summed E-state index contributed by atoms with van der Waals surface area (Å²) in [5.74, 6) is 10.3. The van der Waals surface area contributed by atoms with Gasteiger partial charge in [-0.15, -0.1) is 0 Å². The summed E-state index contributed by atoms with van der Waals surface area (Å²) in [5.41, 5.74) is 2.05. The molecule has 1 aliphatic carbocycles. The first-order valence-electron chi connectivity index (χ1n) is 7.41. The molecule has 24 heavy (non-hydrogen) atoms. The van der Waals surface area contributed by atoms with Crippen LogP contribution in [-0.2, 0) is 4.79 Å². The van der Waals surface area contributed by atoms with Crippen LogP contribution < -0.4 is 10.8 Å². The molecule has 7 heteroatoms. The van der Waals surface area contributed by atoms with E-state index < -0.39 is 24.0 Å². The van der Waals surface area contributed by atoms with Crippen molar-refractivity contribution >= 4 is 11.8 Å². The predicted molar refractivity (Wildman–Crippen MR) is 84.5 cm³/mol. The second-order valence-corrected chi connectivity index (χ2v) is 5.39. The number of aliphatic hydroxyl groups excluding tert-OH is 1. The fraction of sp³-hybridized carbons (Fsp3) is 0.353. The summed E-state index contributed by atoms with van der Waals surface area (Å²) in [4.78, 5) is 27.4. The summed E-state index contributed by atoms with van der Waals surface area (Å²) in [6.45, 7) is 1.31. The number of carbonyl (C=O) groups is 2. The molecule has 1 aliphatic rings. The predicted octanol–water partition coefficient (Wildman–Crippen LogP) is -0.169. The van der Waals surface area contributed by atoms with Crippen LogP contribution >= 0.6 is 0 Å². The fourth-order valence-corrected chi connectivity index (χ4v) is 1.76. The van der Waals surface area contributed by atoms with Gasteiger partial charge in [-0.25, -0.2) is 10.5 Å². The molecule has 0 saturated heterocycles. The van der Waals surface area contributed by atoms with Gasteiger partial charge in [0.25, 0.3) is 11.8 Å². The molecule has 0 aromatic carbocycles. The molecule has 0 spiro atoms. The van der Waals surface area contributed by atoms with Gasteiger partial charge < -0.3 is 10.4 Å². The van der Waals surface area contributed by atoms with E-state index in [2.05, 4.69) is 34.0 Å². The first kappa shape index (κ1) is 17.5. The summed E-state index contributed by atoms with van der Waals surface area (Å²) in [6, 6.07) is 1.77. The molecular formula is C17H17N3O4. The average Bonchev–Trinajstić information content (AvgIpc) is 3.40. The van der Waals surface area contributed by atoms with Crippen molar-refractivity contribution in [1.29, 1.82) is 0 Å². The number of aliphatic hydroxyl groups is 1. The second kappa shape index (κ2) is 8.11. The van der Waals surface area contributed by atoms with E-state index in [1.807, 2.05) is 0 Å². The lowest BCUT2D eigenvalue weighted by Crippen LogP contribution is -2.51. The third-order valence-corrected chi connectivity index (χ3v) is 3.28. The first-order chi connectivity index (χ1) is 11.5. The summed E-state index contributed by atoms with van der Waals surface area (Å²) in [5, 5.41) is 20.4. The molecule has 1 aromatic heterocycles. The zero-order valence-corrected chi connectivity index (χ0v) is 13.0. The number of carbonyl (C=O) groups excluding carboxylic acids is 2. The smallest absolute Gasteiger partial charge is 0.270 e. The quantitative estimate of drug-likeness (QED) is 0.349. The number of hydroxylamine groups is 1. The largest absolute Gasteiger partial charge is 0.391 e. The van der Waals surface area contributed by atoms with Gasteiger partial charge in [-0.05, 0) is 43.7 Å². The van der Waals surface area contributed by atoms with Crippen LogP contribution in [0.1, 0.15) is 35.8 Å². The van der Waals surface area contributed by atoms with Gasteiger partial charge in [0.05, 0.1) is 6.10 Å².